The van der Waals surface area contributed by atoms with Crippen LogP contribution in [0.1, 0.15) is 35.9 Å². The van der Waals surface area contributed by atoms with Crippen LogP contribution >= 0.6 is 0 Å². The van der Waals surface area contributed by atoms with Gasteiger partial charge in [0.05, 0.1) is 7.11 Å². The molecule has 0 bridgehead atoms. The Labute approximate surface area is 119 Å². The predicted molar refractivity (Wildman–Crippen MR) is 68.9 cm³/mol. The number of rotatable bonds is 3. The monoisotopic (exact) mass is 298 g/mol. The van der Waals surface area contributed by atoms with E-state index in [-0.39, 0.29) is 17.3 Å². The van der Waals surface area contributed by atoms with Crippen molar-refractivity contribution < 1.29 is 22.7 Å². The van der Waals surface area contributed by atoms with Gasteiger partial charge in [0.1, 0.15) is 5.69 Å². The molecule has 0 atom stereocenters. The molecule has 0 aliphatic heterocycles. The van der Waals surface area contributed by atoms with Crippen LogP contribution in [0.25, 0.3) is 5.69 Å². The minimum Gasteiger partial charge on any atom is -0.464 e. The number of hydrogen-bond donors (Lipinski definition) is 0. The molecule has 112 valence electrons. The molecule has 0 saturated heterocycles. The van der Waals surface area contributed by atoms with E-state index in [4.69, 9.17) is 0 Å². The molecule has 0 fully saturated rings. The van der Waals surface area contributed by atoms with Gasteiger partial charge in [-0.1, -0.05) is 13.8 Å². The number of aromatic nitrogens is 2. The van der Waals surface area contributed by atoms with Crippen LogP contribution in [0.5, 0.6) is 0 Å². The Morgan fingerprint density at radius 1 is 1.14 bits per heavy atom. The number of halogens is 3. The average Bonchev–Trinajstić information content (AvgIpc) is 2.87. The summed E-state index contributed by atoms with van der Waals surface area (Å²) in [5.74, 6) is -4.28. The summed E-state index contributed by atoms with van der Waals surface area (Å²) in [5, 5.41) is 3.92. The van der Waals surface area contributed by atoms with Crippen molar-refractivity contribution in [1.82, 2.24) is 9.78 Å². The molecule has 0 saturated carbocycles. The smallest absolute Gasteiger partial charge is 0.358 e. The molecule has 1 aromatic carbocycles. The first-order valence-corrected chi connectivity index (χ1v) is 6.18. The highest BCUT2D eigenvalue weighted by Crippen LogP contribution is 2.24. The lowest BCUT2D eigenvalue weighted by Gasteiger charge is -2.11. The summed E-state index contributed by atoms with van der Waals surface area (Å²) in [4.78, 5) is 11.5. The summed E-state index contributed by atoms with van der Waals surface area (Å²) in [7, 11) is 1.19. The largest absolute Gasteiger partial charge is 0.464 e. The van der Waals surface area contributed by atoms with Gasteiger partial charge in [0.25, 0.3) is 0 Å². The first-order valence-electron chi connectivity index (χ1n) is 6.18. The van der Waals surface area contributed by atoms with E-state index in [0.29, 0.717) is 17.8 Å². The van der Waals surface area contributed by atoms with E-state index in [1.165, 1.54) is 13.2 Å². The molecule has 1 heterocycles. The van der Waals surface area contributed by atoms with Gasteiger partial charge < -0.3 is 4.74 Å². The Bertz CT molecular complexity index is 696. The number of benzene rings is 1. The van der Waals surface area contributed by atoms with Crippen LogP contribution in [-0.4, -0.2) is 22.9 Å². The molecule has 0 radical (unpaired) electrons. The summed E-state index contributed by atoms with van der Waals surface area (Å²) in [5.41, 5.74) is 0.165. The van der Waals surface area contributed by atoms with E-state index < -0.39 is 23.4 Å². The highest BCUT2D eigenvalue weighted by Gasteiger charge is 2.21. The van der Waals surface area contributed by atoms with Crippen molar-refractivity contribution in [1.29, 1.82) is 0 Å². The number of esters is 1. The van der Waals surface area contributed by atoms with Crippen molar-refractivity contribution in [2.45, 2.75) is 19.8 Å². The van der Waals surface area contributed by atoms with Crippen molar-refractivity contribution >= 4 is 5.97 Å². The molecule has 2 aromatic rings. The van der Waals surface area contributed by atoms with Gasteiger partial charge in [-0.15, -0.1) is 0 Å². The Hall–Kier alpha value is -2.31. The lowest BCUT2D eigenvalue weighted by molar-refractivity contribution is 0.0593. The minimum atomic E-state index is -1.29. The normalized spacial score (nSPS) is 11.0. The molecule has 0 amide bonds. The van der Waals surface area contributed by atoms with Gasteiger partial charge in [0.2, 0.25) is 0 Å². The molecule has 7 heteroatoms. The molecule has 0 unspecified atom stereocenters. The van der Waals surface area contributed by atoms with Gasteiger partial charge in [-0.2, -0.15) is 5.10 Å². The van der Waals surface area contributed by atoms with Crippen LogP contribution in [0.2, 0.25) is 0 Å². The third-order valence-corrected chi connectivity index (χ3v) is 2.94. The molecule has 2 rings (SSSR count). The van der Waals surface area contributed by atoms with Gasteiger partial charge in [0, 0.05) is 17.8 Å². The van der Waals surface area contributed by atoms with Gasteiger partial charge in [-0.05, 0) is 12.0 Å². The molecule has 0 aliphatic rings. The van der Waals surface area contributed by atoms with Gasteiger partial charge >= 0.3 is 5.97 Å². The standard InChI is InChI=1S/C14H13F3N2O2/c1-7(2)12-6-11(14(20)21-3)18-19(12)13-5-9(16)8(15)4-10(13)17/h4-7H,1-3H3. The van der Waals surface area contributed by atoms with E-state index in [9.17, 15) is 18.0 Å². The number of methoxy groups -OCH3 is 1. The fourth-order valence-corrected chi connectivity index (χ4v) is 1.88. The van der Waals surface area contributed by atoms with Crippen LogP contribution in [-0.2, 0) is 4.74 Å². The zero-order valence-electron chi connectivity index (χ0n) is 11.7. The van der Waals surface area contributed by atoms with Crippen LogP contribution < -0.4 is 0 Å². The van der Waals surface area contributed by atoms with Crippen molar-refractivity contribution in [2.24, 2.45) is 0 Å². The summed E-state index contributed by atoms with van der Waals surface area (Å²) >= 11 is 0. The number of hydrogen-bond acceptors (Lipinski definition) is 3. The molecule has 0 N–H and O–H groups in total. The fraction of sp³-hybridized carbons (Fsp3) is 0.286. The highest BCUT2D eigenvalue weighted by molar-refractivity contribution is 5.87. The Balaban J connectivity index is 2.65. The van der Waals surface area contributed by atoms with Gasteiger partial charge in [-0.3, -0.25) is 0 Å². The predicted octanol–water partition coefficient (Wildman–Crippen LogP) is 3.20. The molecular formula is C14H13F3N2O2. The zero-order valence-corrected chi connectivity index (χ0v) is 11.7. The molecule has 21 heavy (non-hydrogen) atoms. The van der Waals surface area contributed by atoms with Crippen molar-refractivity contribution in [3.8, 4) is 5.69 Å². The summed E-state index contributed by atoms with van der Waals surface area (Å²) in [6.45, 7) is 3.60. The Morgan fingerprint density at radius 3 is 2.33 bits per heavy atom. The van der Waals surface area contributed by atoms with E-state index in [0.717, 1.165) is 4.68 Å². The van der Waals surface area contributed by atoms with E-state index in [1.54, 1.807) is 13.8 Å². The Kier molecular flexibility index (Phi) is 4.02. The quantitative estimate of drug-likeness (QED) is 0.645. The number of carbonyl (C=O) groups is 1. The first kappa shape index (κ1) is 15.1. The maximum Gasteiger partial charge on any atom is 0.358 e. The second-order valence-electron chi connectivity index (χ2n) is 4.73. The Morgan fingerprint density at radius 2 is 1.76 bits per heavy atom. The van der Waals surface area contributed by atoms with Crippen molar-refractivity contribution in [3.63, 3.8) is 0 Å². The third kappa shape index (κ3) is 2.76. The van der Waals surface area contributed by atoms with E-state index in [1.807, 2.05) is 0 Å². The second-order valence-corrected chi connectivity index (χ2v) is 4.73. The highest BCUT2D eigenvalue weighted by atomic mass is 19.2. The second kappa shape index (κ2) is 5.59. The SMILES string of the molecule is COC(=O)c1cc(C(C)C)n(-c2cc(F)c(F)cc2F)n1. The minimum absolute atomic E-state index is 0.0367. The van der Waals surface area contributed by atoms with Gasteiger partial charge in [-0.25, -0.2) is 22.6 Å². The lowest BCUT2D eigenvalue weighted by atomic mass is 10.1. The maximum absolute atomic E-state index is 13.9. The summed E-state index contributed by atoms with van der Waals surface area (Å²) in [6, 6.07) is 2.57. The van der Waals surface area contributed by atoms with Crippen LogP contribution in [0.4, 0.5) is 13.2 Å². The summed E-state index contributed by atoms with van der Waals surface area (Å²) in [6.07, 6.45) is 0. The van der Waals surface area contributed by atoms with Crippen LogP contribution in [0.15, 0.2) is 18.2 Å². The van der Waals surface area contributed by atoms with Crippen LogP contribution in [0, 0.1) is 17.5 Å². The maximum atomic E-state index is 13.9. The first-order chi connectivity index (χ1) is 9.85. The molecule has 1 aromatic heterocycles. The molecular weight excluding hydrogens is 285 g/mol. The van der Waals surface area contributed by atoms with Crippen molar-refractivity contribution in [2.75, 3.05) is 7.11 Å². The van der Waals surface area contributed by atoms with Gasteiger partial charge in [0.15, 0.2) is 23.1 Å². The number of nitrogens with zero attached hydrogens (tertiary/aromatic N) is 2. The third-order valence-electron chi connectivity index (χ3n) is 2.94. The fourth-order valence-electron chi connectivity index (χ4n) is 1.88. The van der Waals surface area contributed by atoms with Crippen LogP contribution in [0.3, 0.4) is 0 Å². The topological polar surface area (TPSA) is 44.1 Å². The molecule has 0 aliphatic carbocycles. The molecule has 4 nitrogen and oxygen atoms in total. The number of carbonyl (C=O) groups excluding carboxylic acids is 1. The number of ether oxygens (including phenoxy) is 1. The zero-order chi connectivity index (χ0) is 15.7. The lowest BCUT2D eigenvalue weighted by Crippen LogP contribution is -2.08. The summed E-state index contributed by atoms with van der Waals surface area (Å²) < 4.78 is 45.8. The average molecular weight is 298 g/mol. The van der Waals surface area contributed by atoms with E-state index in [2.05, 4.69) is 9.84 Å². The molecule has 0 spiro atoms. The van der Waals surface area contributed by atoms with Crippen molar-refractivity contribution in [3.05, 3.63) is 47.0 Å². The van der Waals surface area contributed by atoms with E-state index >= 15 is 0 Å².